The van der Waals surface area contributed by atoms with Gasteiger partial charge in [-0.1, -0.05) is 0 Å². The van der Waals surface area contributed by atoms with E-state index < -0.39 is 5.97 Å². The topological polar surface area (TPSA) is 98.3 Å². The van der Waals surface area contributed by atoms with Gasteiger partial charge >= 0.3 is 5.97 Å². The number of piperazine rings is 1. The molecular weight excluding hydrogens is 420 g/mol. The van der Waals surface area contributed by atoms with Crippen LogP contribution < -0.4 is 36.0 Å². The summed E-state index contributed by atoms with van der Waals surface area (Å²) in [6.07, 6.45) is 3.65. The highest BCUT2D eigenvalue weighted by atomic mass is 16.7. The molecule has 10 heteroatoms. The van der Waals surface area contributed by atoms with E-state index in [4.69, 9.17) is 19.6 Å². The molecule has 4 aliphatic rings. The molecule has 172 valence electrons. The maximum atomic E-state index is 6.01. The second kappa shape index (κ2) is 7.53. The first kappa shape index (κ1) is 20.1. The van der Waals surface area contributed by atoms with Crippen LogP contribution in [0.3, 0.4) is 0 Å². The number of anilines is 4. The average molecular weight is 449 g/mol. The fraction of sp³-hybridized carbons (Fsp3) is 0.391. The van der Waals surface area contributed by atoms with Gasteiger partial charge in [0.2, 0.25) is 0 Å². The fourth-order valence-electron chi connectivity index (χ4n) is 4.83. The molecule has 2 fully saturated rings. The van der Waals surface area contributed by atoms with Crippen LogP contribution in [0.1, 0.15) is 20.8 Å². The highest BCUT2D eigenvalue weighted by Crippen LogP contribution is 2.42. The minimum absolute atomic E-state index is 0.427. The molecule has 3 atom stereocenters. The number of hydroxylamine groups is 1. The lowest BCUT2D eigenvalue weighted by Gasteiger charge is -2.37. The van der Waals surface area contributed by atoms with Crippen molar-refractivity contribution in [2.45, 2.75) is 38.8 Å². The highest BCUT2D eigenvalue weighted by Gasteiger charge is 2.49. The van der Waals surface area contributed by atoms with Crippen LogP contribution in [0.5, 0.6) is 5.75 Å². The smallest absolute Gasteiger partial charge is 0.351 e. The quantitative estimate of drug-likeness (QED) is 0.562. The minimum Gasteiger partial charge on any atom is -0.471 e. The number of rotatable bonds is 4. The number of ether oxygens (including phenoxy) is 1. The Balaban J connectivity index is 1.28. The van der Waals surface area contributed by atoms with Crippen molar-refractivity contribution in [3.8, 4) is 5.75 Å². The van der Waals surface area contributed by atoms with Gasteiger partial charge in [-0.15, -0.1) is 0 Å². The first-order chi connectivity index (χ1) is 16.0. The van der Waals surface area contributed by atoms with Crippen molar-refractivity contribution in [2.75, 3.05) is 40.3 Å². The van der Waals surface area contributed by atoms with Crippen molar-refractivity contribution in [1.82, 2.24) is 15.8 Å². The van der Waals surface area contributed by atoms with E-state index in [2.05, 4.69) is 40.2 Å². The van der Waals surface area contributed by atoms with Crippen molar-refractivity contribution in [1.29, 1.82) is 0 Å². The first-order valence-electron chi connectivity index (χ1n) is 11.3. The minimum atomic E-state index is -1.16. The van der Waals surface area contributed by atoms with Gasteiger partial charge in [0.05, 0.1) is 23.3 Å². The Kier molecular flexibility index (Phi) is 4.59. The van der Waals surface area contributed by atoms with Gasteiger partial charge in [0.25, 0.3) is 0 Å². The Bertz CT molecular complexity index is 1120. The summed E-state index contributed by atoms with van der Waals surface area (Å²) in [5, 5.41) is 10.2. The molecule has 0 saturated carbocycles. The zero-order valence-electron chi connectivity index (χ0n) is 18.9. The fourth-order valence-corrected chi connectivity index (χ4v) is 4.83. The average Bonchev–Trinajstić information content (AvgIpc) is 3.38. The molecule has 1 aromatic carbocycles. The van der Waals surface area contributed by atoms with Crippen LogP contribution in [0.2, 0.25) is 0 Å². The van der Waals surface area contributed by atoms with E-state index in [0.717, 1.165) is 53.1 Å². The number of nitrogens with zero attached hydrogens (tertiary/aromatic N) is 4. The molecule has 0 aliphatic carbocycles. The molecule has 4 N–H and O–H groups in total. The van der Waals surface area contributed by atoms with Gasteiger partial charge in [0.1, 0.15) is 17.4 Å². The van der Waals surface area contributed by atoms with E-state index in [0.29, 0.717) is 18.8 Å². The van der Waals surface area contributed by atoms with Crippen molar-refractivity contribution >= 4 is 29.1 Å². The van der Waals surface area contributed by atoms with E-state index >= 15 is 0 Å². The number of allylic oxidation sites excluding steroid dienone is 1. The Morgan fingerprint density at radius 2 is 2.00 bits per heavy atom. The molecule has 0 amide bonds. The van der Waals surface area contributed by atoms with Gasteiger partial charge in [-0.3, -0.25) is 4.90 Å². The summed E-state index contributed by atoms with van der Waals surface area (Å²) < 4.78 is 5.58. The molecule has 0 spiro atoms. The van der Waals surface area contributed by atoms with Crippen molar-refractivity contribution in [2.24, 2.45) is 4.99 Å². The van der Waals surface area contributed by atoms with Crippen LogP contribution in [0.4, 0.5) is 22.9 Å². The van der Waals surface area contributed by atoms with Crippen molar-refractivity contribution in [3.63, 3.8) is 0 Å². The van der Waals surface area contributed by atoms with Crippen molar-refractivity contribution in [3.05, 3.63) is 47.9 Å². The summed E-state index contributed by atoms with van der Waals surface area (Å²) in [4.78, 5) is 19.8. The number of fused-ring (bicyclic) bond motifs is 3. The van der Waals surface area contributed by atoms with E-state index in [9.17, 15) is 0 Å². The maximum absolute atomic E-state index is 6.01. The van der Waals surface area contributed by atoms with Crippen LogP contribution >= 0.6 is 0 Å². The predicted octanol–water partition coefficient (Wildman–Crippen LogP) is 2.41. The molecule has 0 radical (unpaired) electrons. The molecule has 10 nitrogen and oxygen atoms in total. The molecule has 2 aromatic rings. The summed E-state index contributed by atoms with van der Waals surface area (Å²) in [6.45, 7) is 8.74. The SMILES string of the molecule is CC1=C2NOC(Nc3ccc(N4C[C@@H](C)N[C@@H](C)C4)nc3)(N=C1)N2c1ccc2c(c1)NCO2. The van der Waals surface area contributed by atoms with E-state index in [1.807, 2.05) is 54.6 Å². The van der Waals surface area contributed by atoms with Gasteiger partial charge in [-0.2, -0.15) is 0 Å². The van der Waals surface area contributed by atoms with Crippen LogP contribution in [0, 0.1) is 0 Å². The van der Waals surface area contributed by atoms with Gasteiger partial charge in [0, 0.05) is 37.0 Å². The molecule has 1 unspecified atom stereocenters. The molecular formula is C23H28N8O2. The van der Waals surface area contributed by atoms with Crippen LogP contribution in [-0.4, -0.2) is 49.1 Å². The number of hydrogen-bond donors (Lipinski definition) is 4. The van der Waals surface area contributed by atoms with E-state index in [-0.39, 0.29) is 0 Å². The third-order valence-corrected chi connectivity index (χ3v) is 6.27. The van der Waals surface area contributed by atoms with Gasteiger partial charge in [0.15, 0.2) is 6.73 Å². The molecule has 5 heterocycles. The first-order valence-corrected chi connectivity index (χ1v) is 11.3. The zero-order chi connectivity index (χ0) is 22.6. The summed E-state index contributed by atoms with van der Waals surface area (Å²) in [6, 6.07) is 10.9. The number of aliphatic imine (C=N–C) groups is 1. The summed E-state index contributed by atoms with van der Waals surface area (Å²) in [5.41, 5.74) is 6.70. The van der Waals surface area contributed by atoms with Crippen LogP contribution in [0.15, 0.2) is 52.9 Å². The lowest BCUT2D eigenvalue weighted by Crippen LogP contribution is -2.54. The largest absolute Gasteiger partial charge is 0.471 e. The van der Waals surface area contributed by atoms with Crippen LogP contribution in [-0.2, 0) is 4.84 Å². The lowest BCUT2D eigenvalue weighted by molar-refractivity contribution is -0.0214. The standard InChI is InChI=1S/C23H28N8O2/c1-14-9-26-23(28-17-4-7-21(24-10-17)30-11-15(2)27-16(3)12-30)31(22(14)29-33-23)18-5-6-20-19(8-18)25-13-32-20/h4-10,15-16,25,27-29H,11-13H2,1-3H3/t15-,16+,23?. The van der Waals surface area contributed by atoms with Gasteiger partial charge in [-0.25, -0.2) is 20.3 Å². The Morgan fingerprint density at radius 1 is 1.15 bits per heavy atom. The second-order valence-corrected chi connectivity index (χ2v) is 8.99. The number of pyridine rings is 1. The Labute approximate surface area is 192 Å². The monoisotopic (exact) mass is 448 g/mol. The molecule has 6 rings (SSSR count). The highest BCUT2D eigenvalue weighted by molar-refractivity contribution is 5.85. The second-order valence-electron chi connectivity index (χ2n) is 8.99. The summed E-state index contributed by atoms with van der Waals surface area (Å²) in [7, 11) is 0. The van der Waals surface area contributed by atoms with Gasteiger partial charge in [-0.05, 0) is 51.1 Å². The third-order valence-electron chi connectivity index (χ3n) is 6.27. The molecule has 4 aliphatic heterocycles. The zero-order valence-corrected chi connectivity index (χ0v) is 18.9. The number of benzene rings is 1. The van der Waals surface area contributed by atoms with Gasteiger partial charge < -0.3 is 25.6 Å². The number of hydrogen-bond acceptors (Lipinski definition) is 10. The number of aromatic nitrogens is 1. The molecule has 2 saturated heterocycles. The molecule has 33 heavy (non-hydrogen) atoms. The maximum Gasteiger partial charge on any atom is 0.351 e. The lowest BCUT2D eigenvalue weighted by atomic mass is 10.1. The summed E-state index contributed by atoms with van der Waals surface area (Å²) in [5.74, 6) is 1.48. The molecule has 1 aromatic heterocycles. The van der Waals surface area contributed by atoms with E-state index in [1.54, 1.807) is 0 Å². The van der Waals surface area contributed by atoms with E-state index in [1.165, 1.54) is 0 Å². The Hall–Kier alpha value is -3.50. The molecule has 2 bridgehead atoms. The Morgan fingerprint density at radius 3 is 2.79 bits per heavy atom. The number of nitrogens with one attached hydrogen (secondary N) is 4. The summed E-state index contributed by atoms with van der Waals surface area (Å²) >= 11 is 0. The third kappa shape index (κ3) is 3.42. The van der Waals surface area contributed by atoms with Crippen molar-refractivity contribution < 1.29 is 9.57 Å². The van der Waals surface area contributed by atoms with Crippen LogP contribution in [0.25, 0.3) is 0 Å². The predicted molar refractivity (Wildman–Crippen MR) is 128 cm³/mol. The normalized spacial score (nSPS) is 27.7.